The van der Waals surface area contributed by atoms with Crippen molar-refractivity contribution >= 4 is 23.7 Å². The molecule has 0 spiro atoms. The molecule has 1 N–H and O–H groups in total. The maximum absolute atomic E-state index is 11.6. The van der Waals surface area contributed by atoms with Crippen LogP contribution < -0.4 is 0 Å². The number of aliphatic carboxylic acids is 1. The van der Waals surface area contributed by atoms with Crippen molar-refractivity contribution in [3.63, 3.8) is 0 Å². The van der Waals surface area contributed by atoms with E-state index in [0.29, 0.717) is 17.5 Å². The molecule has 0 aliphatic heterocycles. The second-order valence-electron chi connectivity index (χ2n) is 3.41. The number of carboxylic acid groups (broad SMARTS) is 1. The molecule has 0 unspecified atom stereocenters. The first kappa shape index (κ1) is 13.6. The van der Waals surface area contributed by atoms with Crippen molar-refractivity contribution < 1.29 is 19.4 Å². The van der Waals surface area contributed by atoms with E-state index in [1.54, 1.807) is 12.1 Å². The molecule has 92 valence electrons. The predicted octanol–water partition coefficient (Wildman–Crippen LogP) is 2.21. The fourth-order valence-corrected chi connectivity index (χ4v) is 1.88. The number of hydrogen-bond acceptors (Lipinski definition) is 4. The Morgan fingerprint density at radius 2 is 2.12 bits per heavy atom. The zero-order valence-corrected chi connectivity index (χ0v) is 10.5. The van der Waals surface area contributed by atoms with Gasteiger partial charge in [-0.2, -0.15) is 0 Å². The zero-order valence-electron chi connectivity index (χ0n) is 9.73. The molecule has 0 aliphatic rings. The van der Waals surface area contributed by atoms with E-state index < -0.39 is 11.9 Å². The third kappa shape index (κ3) is 3.78. The molecule has 17 heavy (non-hydrogen) atoms. The molecule has 0 amide bonds. The van der Waals surface area contributed by atoms with E-state index in [0.717, 1.165) is 4.90 Å². The fourth-order valence-electron chi connectivity index (χ4n) is 1.44. The Bertz CT molecular complexity index is 429. The van der Waals surface area contributed by atoms with Crippen molar-refractivity contribution in [1.82, 2.24) is 0 Å². The SMILES string of the molecule is COC(=O)c1cc(SC)ccc1CCC(=O)O. The van der Waals surface area contributed by atoms with Gasteiger partial charge in [-0.25, -0.2) is 4.79 Å². The molecular weight excluding hydrogens is 240 g/mol. The summed E-state index contributed by atoms with van der Waals surface area (Å²) in [6, 6.07) is 5.38. The smallest absolute Gasteiger partial charge is 0.338 e. The highest BCUT2D eigenvalue weighted by molar-refractivity contribution is 7.98. The van der Waals surface area contributed by atoms with Crippen molar-refractivity contribution in [2.24, 2.45) is 0 Å². The first-order valence-electron chi connectivity index (χ1n) is 5.05. The predicted molar refractivity (Wildman–Crippen MR) is 65.5 cm³/mol. The lowest BCUT2D eigenvalue weighted by Crippen LogP contribution is -2.07. The average Bonchev–Trinajstić information content (AvgIpc) is 2.35. The quantitative estimate of drug-likeness (QED) is 0.644. The third-order valence-corrected chi connectivity index (χ3v) is 3.06. The number of carboxylic acids is 1. The van der Waals surface area contributed by atoms with E-state index in [2.05, 4.69) is 4.74 Å². The Hall–Kier alpha value is -1.49. The Morgan fingerprint density at radius 1 is 1.41 bits per heavy atom. The van der Waals surface area contributed by atoms with Crippen LogP contribution in [-0.4, -0.2) is 30.4 Å². The van der Waals surface area contributed by atoms with Crippen LogP contribution in [0, 0.1) is 0 Å². The number of rotatable bonds is 5. The number of benzene rings is 1. The molecular formula is C12H14O4S. The molecule has 0 saturated heterocycles. The summed E-state index contributed by atoms with van der Waals surface area (Å²) < 4.78 is 4.69. The van der Waals surface area contributed by atoms with Crippen LogP contribution in [0.1, 0.15) is 22.3 Å². The van der Waals surface area contributed by atoms with Gasteiger partial charge in [0.15, 0.2) is 0 Å². The highest BCUT2D eigenvalue weighted by Gasteiger charge is 2.13. The lowest BCUT2D eigenvalue weighted by atomic mass is 10.0. The van der Waals surface area contributed by atoms with Crippen molar-refractivity contribution in [3.05, 3.63) is 29.3 Å². The van der Waals surface area contributed by atoms with Gasteiger partial charge in [0.1, 0.15) is 0 Å². The second kappa shape index (κ2) is 6.30. The maximum Gasteiger partial charge on any atom is 0.338 e. The maximum atomic E-state index is 11.6. The number of thioether (sulfide) groups is 1. The molecule has 0 heterocycles. The van der Waals surface area contributed by atoms with Crippen molar-refractivity contribution in [2.45, 2.75) is 17.7 Å². The summed E-state index contributed by atoms with van der Waals surface area (Å²) in [4.78, 5) is 23.0. The number of aryl methyl sites for hydroxylation is 1. The molecule has 1 rings (SSSR count). The number of carbonyl (C=O) groups excluding carboxylic acids is 1. The minimum atomic E-state index is -0.880. The minimum absolute atomic E-state index is 0.00259. The zero-order chi connectivity index (χ0) is 12.8. The third-order valence-electron chi connectivity index (χ3n) is 2.33. The van der Waals surface area contributed by atoms with Crippen molar-refractivity contribution in [2.75, 3.05) is 13.4 Å². The summed E-state index contributed by atoms with van der Waals surface area (Å²) in [5.41, 5.74) is 1.15. The van der Waals surface area contributed by atoms with Gasteiger partial charge >= 0.3 is 11.9 Å². The minimum Gasteiger partial charge on any atom is -0.481 e. The molecule has 5 heteroatoms. The van der Waals surface area contributed by atoms with Crippen LogP contribution in [0.15, 0.2) is 23.1 Å². The topological polar surface area (TPSA) is 63.6 Å². The van der Waals surface area contributed by atoms with Gasteiger partial charge in [0.2, 0.25) is 0 Å². The molecule has 4 nitrogen and oxygen atoms in total. The van der Waals surface area contributed by atoms with E-state index in [9.17, 15) is 9.59 Å². The molecule has 0 bridgehead atoms. The molecule has 1 aromatic carbocycles. The molecule has 0 aromatic heterocycles. The van der Waals surface area contributed by atoms with Crippen LogP contribution in [0.2, 0.25) is 0 Å². The van der Waals surface area contributed by atoms with Gasteiger partial charge in [-0.3, -0.25) is 4.79 Å². The van der Waals surface area contributed by atoms with Gasteiger partial charge in [-0.05, 0) is 30.4 Å². The van der Waals surface area contributed by atoms with Gasteiger partial charge in [0, 0.05) is 11.3 Å². The van der Waals surface area contributed by atoms with E-state index in [1.807, 2.05) is 12.3 Å². The van der Waals surface area contributed by atoms with Crippen LogP contribution in [0.4, 0.5) is 0 Å². The lowest BCUT2D eigenvalue weighted by molar-refractivity contribution is -0.136. The summed E-state index contributed by atoms with van der Waals surface area (Å²) in [6.45, 7) is 0. The molecule has 0 fully saturated rings. The second-order valence-corrected chi connectivity index (χ2v) is 4.29. The highest BCUT2D eigenvalue weighted by atomic mass is 32.2. The van der Waals surface area contributed by atoms with Crippen molar-refractivity contribution in [1.29, 1.82) is 0 Å². The standard InChI is InChI=1S/C12H14O4S/c1-16-12(15)10-7-9(17-2)5-3-8(10)4-6-11(13)14/h3,5,7H,4,6H2,1-2H3,(H,13,14). The number of esters is 1. The van der Waals surface area contributed by atoms with E-state index in [4.69, 9.17) is 5.11 Å². The van der Waals surface area contributed by atoms with Gasteiger partial charge in [-0.15, -0.1) is 11.8 Å². The van der Waals surface area contributed by atoms with Gasteiger partial charge in [-0.1, -0.05) is 6.07 Å². The molecule has 0 atom stereocenters. The largest absolute Gasteiger partial charge is 0.481 e. The van der Waals surface area contributed by atoms with Crippen LogP contribution in [-0.2, 0) is 16.0 Å². The van der Waals surface area contributed by atoms with E-state index >= 15 is 0 Å². The number of hydrogen-bond donors (Lipinski definition) is 1. The first-order valence-corrected chi connectivity index (χ1v) is 6.28. The normalized spacial score (nSPS) is 10.0. The van der Waals surface area contributed by atoms with Crippen LogP contribution in [0.5, 0.6) is 0 Å². The Kier molecular flexibility index (Phi) is 5.03. The summed E-state index contributed by atoms with van der Waals surface area (Å²) in [5.74, 6) is -1.31. The van der Waals surface area contributed by atoms with E-state index in [1.165, 1.54) is 18.9 Å². The number of carbonyl (C=O) groups is 2. The molecule has 1 aromatic rings. The van der Waals surface area contributed by atoms with Gasteiger partial charge < -0.3 is 9.84 Å². The molecule has 0 aliphatic carbocycles. The Labute approximate surface area is 104 Å². The van der Waals surface area contributed by atoms with Crippen LogP contribution in [0.25, 0.3) is 0 Å². The Balaban J connectivity index is 3.01. The summed E-state index contributed by atoms with van der Waals surface area (Å²) in [5, 5.41) is 8.64. The van der Waals surface area contributed by atoms with Crippen LogP contribution >= 0.6 is 11.8 Å². The Morgan fingerprint density at radius 3 is 2.65 bits per heavy atom. The van der Waals surface area contributed by atoms with Gasteiger partial charge in [0.25, 0.3) is 0 Å². The molecule has 0 radical (unpaired) electrons. The van der Waals surface area contributed by atoms with E-state index in [-0.39, 0.29) is 6.42 Å². The summed E-state index contributed by atoms with van der Waals surface area (Å²) in [6.07, 6.45) is 2.24. The highest BCUT2D eigenvalue weighted by Crippen LogP contribution is 2.21. The fraction of sp³-hybridized carbons (Fsp3) is 0.333. The average molecular weight is 254 g/mol. The molecule has 0 saturated carbocycles. The summed E-state index contributed by atoms with van der Waals surface area (Å²) in [7, 11) is 1.31. The number of methoxy groups -OCH3 is 1. The van der Waals surface area contributed by atoms with Crippen LogP contribution in [0.3, 0.4) is 0 Å². The van der Waals surface area contributed by atoms with Crippen molar-refractivity contribution in [3.8, 4) is 0 Å². The number of ether oxygens (including phenoxy) is 1. The van der Waals surface area contributed by atoms with Gasteiger partial charge in [0.05, 0.1) is 12.7 Å². The summed E-state index contributed by atoms with van der Waals surface area (Å²) >= 11 is 1.52. The monoisotopic (exact) mass is 254 g/mol. The lowest BCUT2D eigenvalue weighted by Gasteiger charge is -2.08. The first-order chi connectivity index (χ1) is 8.08.